The summed E-state index contributed by atoms with van der Waals surface area (Å²) in [6.07, 6.45) is 6.62. The largest absolute Gasteiger partial charge is 0.393 e. The van der Waals surface area contributed by atoms with Gasteiger partial charge < -0.3 is 20.6 Å². The lowest BCUT2D eigenvalue weighted by Crippen LogP contribution is -2.42. The van der Waals surface area contributed by atoms with E-state index in [4.69, 9.17) is 4.99 Å². The molecule has 1 aromatic rings. The van der Waals surface area contributed by atoms with Crippen molar-refractivity contribution in [2.75, 3.05) is 39.3 Å². The fourth-order valence-electron chi connectivity index (χ4n) is 4.16. The third-order valence-corrected chi connectivity index (χ3v) is 6.08. The van der Waals surface area contributed by atoms with Gasteiger partial charge in [0.05, 0.1) is 12.6 Å². The number of nitrogens with one attached hydrogen (secondary N) is 2. The first kappa shape index (κ1) is 20.2. The van der Waals surface area contributed by atoms with E-state index in [9.17, 15) is 5.11 Å². The Hall–Kier alpha value is -1.59. The third-order valence-electron chi connectivity index (χ3n) is 6.08. The molecular formula is C22H36N4O. The van der Waals surface area contributed by atoms with E-state index in [-0.39, 0.29) is 11.5 Å². The molecular weight excluding hydrogens is 336 g/mol. The minimum absolute atomic E-state index is 0.0877. The molecule has 1 saturated carbocycles. The van der Waals surface area contributed by atoms with E-state index >= 15 is 0 Å². The molecule has 3 N–H and O–H groups in total. The SMILES string of the molecule is CCNC(=NCC1(c2ccccc2)CCC1)NCCCN1CCC(O)CC1. The molecule has 0 aromatic heterocycles. The van der Waals surface area contributed by atoms with Crippen molar-refractivity contribution in [3.8, 4) is 0 Å². The molecule has 0 bridgehead atoms. The number of hydrogen-bond acceptors (Lipinski definition) is 3. The topological polar surface area (TPSA) is 59.9 Å². The molecule has 0 unspecified atom stereocenters. The summed E-state index contributed by atoms with van der Waals surface area (Å²) < 4.78 is 0. The van der Waals surface area contributed by atoms with Crippen molar-refractivity contribution in [1.29, 1.82) is 0 Å². The summed E-state index contributed by atoms with van der Waals surface area (Å²) >= 11 is 0. The van der Waals surface area contributed by atoms with Crippen LogP contribution < -0.4 is 10.6 Å². The second-order valence-corrected chi connectivity index (χ2v) is 8.05. The van der Waals surface area contributed by atoms with Crippen LogP contribution in [0.15, 0.2) is 35.3 Å². The smallest absolute Gasteiger partial charge is 0.191 e. The highest BCUT2D eigenvalue weighted by atomic mass is 16.3. The second-order valence-electron chi connectivity index (χ2n) is 8.05. The number of aliphatic hydroxyl groups excluding tert-OH is 1. The summed E-state index contributed by atoms with van der Waals surface area (Å²) in [7, 11) is 0. The zero-order valence-electron chi connectivity index (χ0n) is 16.8. The van der Waals surface area contributed by atoms with Crippen molar-refractivity contribution in [3.05, 3.63) is 35.9 Å². The zero-order chi connectivity index (χ0) is 19.0. The molecule has 27 heavy (non-hydrogen) atoms. The zero-order valence-corrected chi connectivity index (χ0v) is 16.8. The van der Waals surface area contributed by atoms with Crippen molar-refractivity contribution in [3.63, 3.8) is 0 Å². The van der Waals surface area contributed by atoms with Crippen LogP contribution in [0.2, 0.25) is 0 Å². The van der Waals surface area contributed by atoms with Crippen molar-refractivity contribution in [2.45, 2.75) is 57.0 Å². The molecule has 0 atom stereocenters. The maximum atomic E-state index is 9.60. The van der Waals surface area contributed by atoms with E-state index < -0.39 is 0 Å². The van der Waals surface area contributed by atoms with Crippen molar-refractivity contribution >= 4 is 5.96 Å². The van der Waals surface area contributed by atoms with Gasteiger partial charge in [-0.15, -0.1) is 0 Å². The first-order valence-electron chi connectivity index (χ1n) is 10.7. The van der Waals surface area contributed by atoms with Gasteiger partial charge >= 0.3 is 0 Å². The predicted molar refractivity (Wildman–Crippen MR) is 112 cm³/mol. The van der Waals surface area contributed by atoms with E-state index in [2.05, 4.69) is 52.8 Å². The number of rotatable bonds is 8. The number of aliphatic imine (C=N–C) groups is 1. The van der Waals surface area contributed by atoms with Crippen LogP contribution in [0, 0.1) is 0 Å². The number of aliphatic hydroxyl groups is 1. The summed E-state index contributed by atoms with van der Waals surface area (Å²) in [6, 6.07) is 10.9. The molecule has 0 radical (unpaired) electrons. The van der Waals surface area contributed by atoms with Crippen LogP contribution in [-0.2, 0) is 5.41 Å². The molecule has 150 valence electrons. The van der Waals surface area contributed by atoms with E-state index in [0.29, 0.717) is 0 Å². The molecule has 1 heterocycles. The Balaban J connectivity index is 1.46. The highest BCUT2D eigenvalue weighted by Crippen LogP contribution is 2.43. The van der Waals surface area contributed by atoms with Gasteiger partial charge in [-0.25, -0.2) is 0 Å². The number of nitrogens with zero attached hydrogens (tertiary/aromatic N) is 2. The Morgan fingerprint density at radius 2 is 1.93 bits per heavy atom. The minimum Gasteiger partial charge on any atom is -0.393 e. The van der Waals surface area contributed by atoms with E-state index in [0.717, 1.165) is 64.5 Å². The van der Waals surface area contributed by atoms with Crippen molar-refractivity contribution in [1.82, 2.24) is 15.5 Å². The Bertz CT molecular complexity index is 577. The number of likely N-dealkylation sites (tertiary alicyclic amines) is 1. The number of guanidine groups is 1. The fraction of sp³-hybridized carbons (Fsp3) is 0.682. The van der Waals surface area contributed by atoms with Crippen molar-refractivity contribution < 1.29 is 5.11 Å². The lowest BCUT2D eigenvalue weighted by molar-refractivity contribution is 0.0823. The van der Waals surface area contributed by atoms with Gasteiger partial charge in [-0.05, 0) is 51.1 Å². The monoisotopic (exact) mass is 372 g/mol. The summed E-state index contributed by atoms with van der Waals surface area (Å²) in [5.74, 6) is 0.939. The Morgan fingerprint density at radius 1 is 1.19 bits per heavy atom. The van der Waals surface area contributed by atoms with Gasteiger partial charge in [0.1, 0.15) is 0 Å². The predicted octanol–water partition coefficient (Wildman–Crippen LogP) is 2.51. The molecule has 1 aliphatic carbocycles. The van der Waals surface area contributed by atoms with Gasteiger partial charge in [-0.2, -0.15) is 0 Å². The Kier molecular flexibility index (Phi) is 7.53. The minimum atomic E-state index is -0.0877. The maximum Gasteiger partial charge on any atom is 0.191 e. The third kappa shape index (κ3) is 5.69. The Morgan fingerprint density at radius 3 is 2.56 bits per heavy atom. The van der Waals surface area contributed by atoms with Gasteiger partial charge in [0.25, 0.3) is 0 Å². The molecule has 5 nitrogen and oxygen atoms in total. The highest BCUT2D eigenvalue weighted by molar-refractivity contribution is 5.79. The molecule has 2 aliphatic rings. The van der Waals surface area contributed by atoms with Crippen LogP contribution in [0.1, 0.15) is 51.0 Å². The van der Waals surface area contributed by atoms with Crippen molar-refractivity contribution in [2.24, 2.45) is 4.99 Å². The van der Waals surface area contributed by atoms with Crippen LogP contribution in [0.25, 0.3) is 0 Å². The van der Waals surface area contributed by atoms with Crippen LogP contribution in [-0.4, -0.2) is 61.3 Å². The first-order chi connectivity index (χ1) is 13.2. The van der Waals surface area contributed by atoms with E-state index in [1.807, 2.05) is 0 Å². The van der Waals surface area contributed by atoms with Crippen LogP contribution in [0.3, 0.4) is 0 Å². The van der Waals surface area contributed by atoms with Gasteiger partial charge in [0.2, 0.25) is 0 Å². The average Bonchev–Trinajstić information content (AvgIpc) is 2.66. The molecule has 3 rings (SSSR count). The number of piperidine rings is 1. The second kappa shape index (κ2) is 10.1. The quantitative estimate of drug-likeness (QED) is 0.373. The first-order valence-corrected chi connectivity index (χ1v) is 10.7. The average molecular weight is 373 g/mol. The molecule has 1 saturated heterocycles. The van der Waals surface area contributed by atoms with Crippen LogP contribution in [0.5, 0.6) is 0 Å². The number of benzene rings is 1. The van der Waals surface area contributed by atoms with Crippen LogP contribution >= 0.6 is 0 Å². The van der Waals surface area contributed by atoms with Gasteiger partial charge in [0, 0.05) is 31.6 Å². The van der Waals surface area contributed by atoms with Crippen LogP contribution in [0.4, 0.5) is 0 Å². The van der Waals surface area contributed by atoms with E-state index in [1.54, 1.807) is 0 Å². The molecule has 2 fully saturated rings. The summed E-state index contributed by atoms with van der Waals surface area (Å²) in [5, 5.41) is 16.5. The summed E-state index contributed by atoms with van der Waals surface area (Å²) in [5.41, 5.74) is 1.67. The van der Waals surface area contributed by atoms with E-state index in [1.165, 1.54) is 24.8 Å². The Labute approximate surface area is 164 Å². The van der Waals surface area contributed by atoms with Gasteiger partial charge in [-0.3, -0.25) is 4.99 Å². The summed E-state index contributed by atoms with van der Waals surface area (Å²) in [6.45, 7) is 7.93. The highest BCUT2D eigenvalue weighted by Gasteiger charge is 2.38. The molecule has 1 aliphatic heterocycles. The van der Waals surface area contributed by atoms with Gasteiger partial charge in [0.15, 0.2) is 5.96 Å². The maximum absolute atomic E-state index is 9.60. The molecule has 1 aromatic carbocycles. The normalized spacial score (nSPS) is 20.9. The summed E-state index contributed by atoms with van der Waals surface area (Å²) in [4.78, 5) is 7.38. The van der Waals surface area contributed by atoms with Gasteiger partial charge in [-0.1, -0.05) is 36.8 Å². The lowest BCUT2D eigenvalue weighted by Gasteiger charge is -2.41. The molecule has 5 heteroatoms. The lowest BCUT2D eigenvalue weighted by atomic mass is 9.64. The molecule has 0 spiro atoms. The number of hydrogen-bond donors (Lipinski definition) is 3. The standard InChI is InChI=1S/C22H36N4O/c1-2-23-21(24-14-7-15-26-16-10-20(27)11-17-26)25-18-22(12-6-13-22)19-8-4-3-5-9-19/h3-5,8-9,20,27H,2,6-7,10-18H2,1H3,(H2,23,24,25). The molecule has 0 amide bonds. The fourth-order valence-corrected chi connectivity index (χ4v) is 4.16.